The minimum atomic E-state index is -0.540. The maximum atomic E-state index is 10.8. The summed E-state index contributed by atoms with van der Waals surface area (Å²) in [6.45, 7) is 12.8. The average molecular weight is 412 g/mol. The van der Waals surface area contributed by atoms with E-state index in [9.17, 15) is 5.11 Å². The molecule has 0 saturated heterocycles. The molecule has 0 aliphatic carbocycles. The molecule has 0 aliphatic heterocycles. The second-order valence-corrected chi connectivity index (χ2v) is 8.96. The molecule has 3 aromatic heterocycles. The normalized spacial score (nSPS) is 14.1. The monoisotopic (exact) mass is 411 g/mol. The number of aliphatic hydroxyl groups is 1. The quantitative estimate of drug-likeness (QED) is 0.515. The van der Waals surface area contributed by atoms with Gasteiger partial charge in [-0.1, -0.05) is 33.8 Å². The van der Waals surface area contributed by atoms with Gasteiger partial charge in [0.2, 0.25) is 5.95 Å². The van der Waals surface area contributed by atoms with Crippen molar-refractivity contribution in [1.82, 2.24) is 24.5 Å². The molecule has 0 saturated carbocycles. The number of hydrogen-bond acceptors (Lipinski definition) is 7. The van der Waals surface area contributed by atoms with Crippen LogP contribution in [-0.4, -0.2) is 41.8 Å². The van der Waals surface area contributed by atoms with Crippen LogP contribution in [0.4, 0.5) is 11.8 Å². The Morgan fingerprint density at radius 3 is 2.50 bits per heavy atom. The van der Waals surface area contributed by atoms with Crippen molar-refractivity contribution in [3.63, 3.8) is 0 Å². The third-order valence-electron chi connectivity index (χ3n) is 5.16. The zero-order chi connectivity index (χ0) is 21.9. The molecule has 3 rings (SSSR count). The van der Waals surface area contributed by atoms with Crippen LogP contribution in [0, 0.1) is 5.41 Å². The molecule has 3 heterocycles. The summed E-state index contributed by atoms with van der Waals surface area (Å²) >= 11 is 0. The van der Waals surface area contributed by atoms with E-state index in [1.165, 1.54) is 0 Å². The molecule has 0 spiro atoms. The molecule has 0 amide bonds. The van der Waals surface area contributed by atoms with Crippen molar-refractivity contribution < 1.29 is 5.11 Å². The van der Waals surface area contributed by atoms with Gasteiger partial charge in [-0.05, 0) is 37.8 Å². The fraction of sp³-hybridized carbons (Fsp3) is 0.545. The van der Waals surface area contributed by atoms with Gasteiger partial charge >= 0.3 is 0 Å². The molecule has 30 heavy (non-hydrogen) atoms. The Morgan fingerprint density at radius 1 is 1.13 bits per heavy atom. The highest BCUT2D eigenvalue weighted by Crippen LogP contribution is 2.27. The topological polar surface area (TPSA) is 101 Å². The standard InChI is InChI=1S/C22H33N7O/c1-7-16(18(30)22(4,5)6)26-21-27-19(24-12-15-10-8-9-11-23-15)17-20(28-21)29(13-25-17)14(2)3/h8-11,13-14,16,18,30H,7,12H2,1-6H3,(H2,24,26,27,28)/t16-,18?/m0/s1. The maximum Gasteiger partial charge on any atom is 0.227 e. The highest BCUT2D eigenvalue weighted by molar-refractivity contribution is 5.84. The van der Waals surface area contributed by atoms with Gasteiger partial charge in [0, 0.05) is 12.2 Å². The van der Waals surface area contributed by atoms with E-state index in [0.29, 0.717) is 18.3 Å². The van der Waals surface area contributed by atoms with Gasteiger partial charge in [0.15, 0.2) is 17.0 Å². The van der Waals surface area contributed by atoms with Gasteiger partial charge in [0.25, 0.3) is 0 Å². The minimum Gasteiger partial charge on any atom is -0.390 e. The minimum absolute atomic E-state index is 0.165. The average Bonchev–Trinajstić information content (AvgIpc) is 3.14. The second kappa shape index (κ2) is 8.95. The second-order valence-electron chi connectivity index (χ2n) is 8.96. The number of pyridine rings is 1. The van der Waals surface area contributed by atoms with Crippen LogP contribution < -0.4 is 10.6 Å². The summed E-state index contributed by atoms with van der Waals surface area (Å²) in [5, 5.41) is 17.5. The predicted molar refractivity (Wildman–Crippen MR) is 120 cm³/mol. The number of fused-ring (bicyclic) bond motifs is 1. The molecular weight excluding hydrogens is 378 g/mol. The summed E-state index contributed by atoms with van der Waals surface area (Å²) < 4.78 is 2.02. The van der Waals surface area contributed by atoms with Gasteiger partial charge in [-0.25, -0.2) is 4.98 Å². The lowest BCUT2D eigenvalue weighted by Crippen LogP contribution is -2.42. The fourth-order valence-electron chi connectivity index (χ4n) is 3.33. The van der Waals surface area contributed by atoms with Crippen LogP contribution in [0.1, 0.15) is 59.7 Å². The summed E-state index contributed by atoms with van der Waals surface area (Å²) in [5.41, 5.74) is 2.13. The lowest BCUT2D eigenvalue weighted by molar-refractivity contribution is 0.0451. The van der Waals surface area contributed by atoms with E-state index in [2.05, 4.69) is 34.4 Å². The Morgan fingerprint density at radius 2 is 1.90 bits per heavy atom. The first-order chi connectivity index (χ1) is 14.2. The van der Waals surface area contributed by atoms with Gasteiger partial charge in [-0.2, -0.15) is 9.97 Å². The molecular formula is C22H33N7O. The lowest BCUT2D eigenvalue weighted by atomic mass is 9.84. The molecule has 3 aromatic rings. The Kier molecular flexibility index (Phi) is 6.55. The van der Waals surface area contributed by atoms with Crippen molar-refractivity contribution in [1.29, 1.82) is 0 Å². The number of nitrogens with zero attached hydrogens (tertiary/aromatic N) is 5. The highest BCUT2D eigenvalue weighted by Gasteiger charge is 2.30. The van der Waals surface area contributed by atoms with Crippen LogP contribution in [0.2, 0.25) is 0 Å². The van der Waals surface area contributed by atoms with Crippen molar-refractivity contribution in [2.24, 2.45) is 5.41 Å². The number of aromatic nitrogens is 5. The van der Waals surface area contributed by atoms with Crippen molar-refractivity contribution >= 4 is 22.9 Å². The molecule has 0 fully saturated rings. The summed E-state index contributed by atoms with van der Waals surface area (Å²) in [6.07, 6.45) is 3.77. The number of imidazole rings is 1. The lowest BCUT2D eigenvalue weighted by Gasteiger charge is -2.33. The van der Waals surface area contributed by atoms with Crippen LogP contribution in [0.3, 0.4) is 0 Å². The van der Waals surface area contributed by atoms with Crippen molar-refractivity contribution in [3.8, 4) is 0 Å². The van der Waals surface area contributed by atoms with E-state index in [4.69, 9.17) is 9.97 Å². The predicted octanol–water partition coefficient (Wildman–Crippen LogP) is 4.01. The van der Waals surface area contributed by atoms with E-state index in [1.54, 1.807) is 12.5 Å². The first-order valence-electron chi connectivity index (χ1n) is 10.5. The van der Waals surface area contributed by atoms with Crippen LogP contribution in [0.25, 0.3) is 11.2 Å². The summed E-state index contributed by atoms with van der Waals surface area (Å²) in [4.78, 5) is 18.3. The van der Waals surface area contributed by atoms with Crippen LogP contribution in [0.15, 0.2) is 30.7 Å². The summed E-state index contributed by atoms with van der Waals surface area (Å²) in [7, 11) is 0. The van der Waals surface area contributed by atoms with E-state index < -0.39 is 6.10 Å². The van der Waals surface area contributed by atoms with Crippen molar-refractivity contribution in [3.05, 3.63) is 36.4 Å². The molecule has 0 bridgehead atoms. The van der Waals surface area contributed by atoms with E-state index in [1.807, 2.05) is 50.5 Å². The van der Waals surface area contributed by atoms with Crippen LogP contribution in [-0.2, 0) is 6.54 Å². The fourth-order valence-corrected chi connectivity index (χ4v) is 3.33. The number of nitrogens with one attached hydrogen (secondary N) is 2. The first-order valence-corrected chi connectivity index (χ1v) is 10.5. The molecule has 3 N–H and O–H groups in total. The smallest absolute Gasteiger partial charge is 0.227 e. The zero-order valence-electron chi connectivity index (χ0n) is 18.7. The number of anilines is 2. The van der Waals surface area contributed by atoms with E-state index in [-0.39, 0.29) is 17.5 Å². The molecule has 8 nitrogen and oxygen atoms in total. The molecule has 162 valence electrons. The molecule has 1 unspecified atom stereocenters. The molecule has 0 aliphatic rings. The molecule has 8 heteroatoms. The Hall–Kier alpha value is -2.74. The van der Waals surface area contributed by atoms with E-state index in [0.717, 1.165) is 23.3 Å². The molecule has 2 atom stereocenters. The Labute approximate surface area is 178 Å². The number of rotatable bonds is 8. The summed E-state index contributed by atoms with van der Waals surface area (Å²) in [5.74, 6) is 1.12. The van der Waals surface area contributed by atoms with Gasteiger partial charge in [-0.3, -0.25) is 4.98 Å². The Balaban J connectivity index is 1.96. The SMILES string of the molecule is CC[C@H](Nc1nc(NCc2ccccn2)c2ncn(C(C)C)c2n1)C(O)C(C)(C)C. The first kappa shape index (κ1) is 22.0. The number of aliphatic hydroxyl groups excluding tert-OH is 1. The molecule has 0 aromatic carbocycles. The summed E-state index contributed by atoms with van der Waals surface area (Å²) in [6, 6.07) is 5.86. The maximum absolute atomic E-state index is 10.8. The Bertz CT molecular complexity index is 963. The van der Waals surface area contributed by atoms with Crippen LogP contribution in [0.5, 0.6) is 0 Å². The highest BCUT2D eigenvalue weighted by atomic mass is 16.3. The van der Waals surface area contributed by atoms with E-state index >= 15 is 0 Å². The third kappa shape index (κ3) is 4.87. The van der Waals surface area contributed by atoms with Gasteiger partial charge in [0.1, 0.15) is 0 Å². The third-order valence-corrected chi connectivity index (χ3v) is 5.16. The largest absolute Gasteiger partial charge is 0.390 e. The molecule has 0 radical (unpaired) electrons. The van der Waals surface area contributed by atoms with Gasteiger partial charge < -0.3 is 20.3 Å². The van der Waals surface area contributed by atoms with Crippen molar-refractivity contribution in [2.75, 3.05) is 10.6 Å². The van der Waals surface area contributed by atoms with Gasteiger partial charge in [-0.15, -0.1) is 0 Å². The van der Waals surface area contributed by atoms with Crippen molar-refractivity contribution in [2.45, 2.75) is 72.7 Å². The number of hydrogen-bond donors (Lipinski definition) is 3. The van der Waals surface area contributed by atoms with Crippen LogP contribution >= 0.6 is 0 Å². The zero-order valence-corrected chi connectivity index (χ0v) is 18.7. The van der Waals surface area contributed by atoms with Gasteiger partial charge in [0.05, 0.1) is 30.7 Å².